The van der Waals surface area contributed by atoms with Crippen molar-refractivity contribution in [3.8, 4) is 0 Å². The number of nitrogen functional groups attached to an aromatic ring is 1. The lowest BCUT2D eigenvalue weighted by Crippen LogP contribution is -2.39. The standard InChI is InChI=1S/C15H24N2O/c1-10(2)9-17(11(3)4)15(18)13-8-6-7-12(5)14(13)16/h6-8,10-11H,9,16H2,1-5H3. The summed E-state index contributed by atoms with van der Waals surface area (Å²) in [5.74, 6) is 0.474. The maximum absolute atomic E-state index is 12.5. The third-order valence-corrected chi connectivity index (χ3v) is 3.00. The van der Waals surface area contributed by atoms with Crippen LogP contribution in [-0.4, -0.2) is 23.4 Å². The number of benzene rings is 1. The molecule has 0 atom stereocenters. The normalized spacial score (nSPS) is 11.1. The fourth-order valence-electron chi connectivity index (χ4n) is 1.94. The van der Waals surface area contributed by atoms with Crippen LogP contribution in [0.3, 0.4) is 0 Å². The van der Waals surface area contributed by atoms with Crippen LogP contribution in [0.15, 0.2) is 18.2 Å². The number of amides is 1. The minimum absolute atomic E-state index is 0.0277. The zero-order valence-corrected chi connectivity index (χ0v) is 12.0. The van der Waals surface area contributed by atoms with Gasteiger partial charge in [-0.1, -0.05) is 26.0 Å². The van der Waals surface area contributed by atoms with Gasteiger partial charge in [0.05, 0.1) is 5.56 Å². The predicted octanol–water partition coefficient (Wildman–Crippen LogP) is 3.08. The van der Waals surface area contributed by atoms with Crippen molar-refractivity contribution in [3.63, 3.8) is 0 Å². The average molecular weight is 248 g/mol. The maximum atomic E-state index is 12.5. The molecule has 0 fully saturated rings. The van der Waals surface area contributed by atoms with E-state index in [0.29, 0.717) is 17.2 Å². The second-order valence-electron chi connectivity index (χ2n) is 5.48. The zero-order valence-electron chi connectivity index (χ0n) is 12.0. The molecule has 0 saturated carbocycles. The lowest BCUT2D eigenvalue weighted by Gasteiger charge is -2.29. The first-order valence-electron chi connectivity index (χ1n) is 6.50. The number of carbonyl (C=O) groups excluding carboxylic acids is 1. The molecule has 0 aliphatic carbocycles. The number of nitrogens with zero attached hydrogens (tertiary/aromatic N) is 1. The SMILES string of the molecule is Cc1cccc(C(=O)N(CC(C)C)C(C)C)c1N. The van der Waals surface area contributed by atoms with E-state index >= 15 is 0 Å². The Balaban J connectivity index is 3.06. The van der Waals surface area contributed by atoms with E-state index in [1.807, 2.05) is 37.8 Å². The molecular weight excluding hydrogens is 224 g/mol. The molecule has 0 aliphatic rings. The van der Waals surface area contributed by atoms with Gasteiger partial charge in [-0.2, -0.15) is 0 Å². The van der Waals surface area contributed by atoms with Crippen LogP contribution in [0.5, 0.6) is 0 Å². The molecule has 3 heteroatoms. The fraction of sp³-hybridized carbons (Fsp3) is 0.533. The molecule has 2 N–H and O–H groups in total. The summed E-state index contributed by atoms with van der Waals surface area (Å²) in [7, 11) is 0. The highest BCUT2D eigenvalue weighted by Gasteiger charge is 2.21. The molecule has 0 saturated heterocycles. The third-order valence-electron chi connectivity index (χ3n) is 3.00. The Morgan fingerprint density at radius 3 is 2.39 bits per heavy atom. The first-order chi connectivity index (χ1) is 8.34. The molecular formula is C15H24N2O. The van der Waals surface area contributed by atoms with Gasteiger partial charge < -0.3 is 10.6 Å². The number of rotatable bonds is 4. The van der Waals surface area contributed by atoms with Crippen molar-refractivity contribution >= 4 is 11.6 Å². The second kappa shape index (κ2) is 5.89. The van der Waals surface area contributed by atoms with Crippen molar-refractivity contribution in [1.82, 2.24) is 4.90 Å². The number of hydrogen-bond donors (Lipinski definition) is 1. The van der Waals surface area contributed by atoms with Gasteiger partial charge >= 0.3 is 0 Å². The quantitative estimate of drug-likeness (QED) is 0.832. The number of nitrogens with two attached hydrogens (primary N) is 1. The van der Waals surface area contributed by atoms with E-state index in [1.54, 1.807) is 6.07 Å². The van der Waals surface area contributed by atoms with Crippen molar-refractivity contribution in [2.75, 3.05) is 12.3 Å². The number of aryl methyl sites for hydroxylation is 1. The summed E-state index contributed by atoms with van der Waals surface area (Å²) >= 11 is 0. The molecule has 0 unspecified atom stereocenters. The van der Waals surface area contributed by atoms with E-state index in [1.165, 1.54) is 0 Å². The van der Waals surface area contributed by atoms with Crippen LogP contribution in [0.25, 0.3) is 0 Å². The van der Waals surface area contributed by atoms with Crippen molar-refractivity contribution < 1.29 is 4.79 Å². The average Bonchev–Trinajstić information content (AvgIpc) is 2.28. The van der Waals surface area contributed by atoms with Crippen LogP contribution in [0.1, 0.15) is 43.6 Å². The molecule has 0 spiro atoms. The highest BCUT2D eigenvalue weighted by atomic mass is 16.2. The van der Waals surface area contributed by atoms with Gasteiger partial charge in [-0.15, -0.1) is 0 Å². The summed E-state index contributed by atoms with van der Waals surface area (Å²) in [6.45, 7) is 11.0. The molecule has 0 bridgehead atoms. The van der Waals surface area contributed by atoms with E-state index in [4.69, 9.17) is 5.73 Å². The lowest BCUT2D eigenvalue weighted by atomic mass is 10.1. The van der Waals surface area contributed by atoms with Crippen LogP contribution >= 0.6 is 0 Å². The molecule has 1 rings (SSSR count). The molecule has 100 valence electrons. The second-order valence-corrected chi connectivity index (χ2v) is 5.48. The van der Waals surface area contributed by atoms with Crippen LogP contribution in [0.2, 0.25) is 0 Å². The van der Waals surface area contributed by atoms with Gasteiger partial charge in [0.1, 0.15) is 0 Å². The maximum Gasteiger partial charge on any atom is 0.256 e. The molecule has 0 aromatic heterocycles. The van der Waals surface area contributed by atoms with Crippen molar-refractivity contribution in [2.24, 2.45) is 5.92 Å². The summed E-state index contributed by atoms with van der Waals surface area (Å²) in [6.07, 6.45) is 0. The Labute approximate surface area is 110 Å². The largest absolute Gasteiger partial charge is 0.398 e. The molecule has 0 aliphatic heterocycles. The van der Waals surface area contributed by atoms with Crippen molar-refractivity contribution in [2.45, 2.75) is 40.7 Å². The molecule has 18 heavy (non-hydrogen) atoms. The van der Waals surface area contributed by atoms with Crippen LogP contribution in [0.4, 0.5) is 5.69 Å². The van der Waals surface area contributed by atoms with Gasteiger partial charge in [-0.25, -0.2) is 0 Å². The smallest absolute Gasteiger partial charge is 0.256 e. The van der Waals surface area contributed by atoms with Crippen molar-refractivity contribution in [1.29, 1.82) is 0 Å². The highest BCUT2D eigenvalue weighted by molar-refractivity contribution is 5.99. The molecule has 0 radical (unpaired) electrons. The summed E-state index contributed by atoms with van der Waals surface area (Å²) < 4.78 is 0. The van der Waals surface area contributed by atoms with Gasteiger partial charge in [0.25, 0.3) is 5.91 Å². The van der Waals surface area contributed by atoms with Gasteiger partial charge in [0.15, 0.2) is 0 Å². The van der Waals surface area contributed by atoms with Crippen LogP contribution in [0, 0.1) is 12.8 Å². The van der Waals surface area contributed by atoms with E-state index in [2.05, 4.69) is 13.8 Å². The fourth-order valence-corrected chi connectivity index (χ4v) is 1.94. The first-order valence-corrected chi connectivity index (χ1v) is 6.50. The molecule has 0 heterocycles. The molecule has 1 aromatic carbocycles. The van der Waals surface area contributed by atoms with Gasteiger partial charge in [0, 0.05) is 18.3 Å². The summed E-state index contributed by atoms with van der Waals surface area (Å²) in [4.78, 5) is 14.4. The Hall–Kier alpha value is -1.51. The van der Waals surface area contributed by atoms with Gasteiger partial charge in [-0.05, 0) is 38.3 Å². The first kappa shape index (κ1) is 14.6. The number of anilines is 1. The predicted molar refractivity (Wildman–Crippen MR) is 76.6 cm³/mol. The topological polar surface area (TPSA) is 46.3 Å². The van der Waals surface area contributed by atoms with Crippen LogP contribution < -0.4 is 5.73 Å². The minimum Gasteiger partial charge on any atom is -0.398 e. The van der Waals surface area contributed by atoms with E-state index in [-0.39, 0.29) is 11.9 Å². The highest BCUT2D eigenvalue weighted by Crippen LogP contribution is 2.20. The Morgan fingerprint density at radius 1 is 1.28 bits per heavy atom. The van der Waals surface area contributed by atoms with E-state index in [9.17, 15) is 4.79 Å². The van der Waals surface area contributed by atoms with E-state index < -0.39 is 0 Å². The Kier molecular flexibility index (Phi) is 4.76. The summed E-state index contributed by atoms with van der Waals surface area (Å²) in [6, 6.07) is 5.79. The number of para-hydroxylation sites is 1. The van der Waals surface area contributed by atoms with Gasteiger partial charge in [-0.3, -0.25) is 4.79 Å². The molecule has 1 aromatic rings. The zero-order chi connectivity index (χ0) is 13.9. The van der Waals surface area contributed by atoms with Crippen molar-refractivity contribution in [3.05, 3.63) is 29.3 Å². The molecule has 3 nitrogen and oxygen atoms in total. The summed E-state index contributed by atoms with van der Waals surface area (Å²) in [5.41, 5.74) is 8.17. The monoisotopic (exact) mass is 248 g/mol. The third kappa shape index (κ3) is 3.25. The minimum atomic E-state index is 0.0277. The Bertz CT molecular complexity index is 425. The van der Waals surface area contributed by atoms with Gasteiger partial charge in [0.2, 0.25) is 0 Å². The van der Waals surface area contributed by atoms with Crippen LogP contribution in [-0.2, 0) is 0 Å². The summed E-state index contributed by atoms with van der Waals surface area (Å²) in [5, 5.41) is 0. The lowest BCUT2D eigenvalue weighted by molar-refractivity contribution is 0.0683. The number of carbonyl (C=O) groups is 1. The molecule has 1 amide bonds. The van der Waals surface area contributed by atoms with E-state index in [0.717, 1.165) is 12.1 Å². The number of hydrogen-bond acceptors (Lipinski definition) is 2. The Morgan fingerprint density at radius 2 is 1.89 bits per heavy atom.